The molecule has 2 rings (SSSR count). The molecular formula is C14H18FNO2S. The molecule has 1 heterocycles. The van der Waals surface area contributed by atoms with E-state index in [4.69, 9.17) is 4.74 Å². The van der Waals surface area contributed by atoms with Gasteiger partial charge in [0.1, 0.15) is 5.82 Å². The molecule has 1 aliphatic rings. The quantitative estimate of drug-likeness (QED) is 0.815. The number of ether oxygens (including phenoxy) is 1. The molecule has 1 aromatic rings. The van der Waals surface area contributed by atoms with Crippen LogP contribution in [0.25, 0.3) is 0 Å². The second-order valence-corrected chi connectivity index (χ2v) is 6.30. The largest absolute Gasteiger partial charge is 0.380 e. The summed E-state index contributed by atoms with van der Waals surface area (Å²) in [5.74, 6) is 0.519. The monoisotopic (exact) mass is 283 g/mol. The fourth-order valence-electron chi connectivity index (χ4n) is 1.75. The normalized spacial score (nSPS) is 16.7. The van der Waals surface area contributed by atoms with Gasteiger partial charge in [-0.1, -0.05) is 6.92 Å². The first-order valence-electron chi connectivity index (χ1n) is 6.30. The highest BCUT2D eigenvalue weighted by Crippen LogP contribution is 2.25. The maximum atomic E-state index is 12.7. The van der Waals surface area contributed by atoms with Gasteiger partial charge in [-0.25, -0.2) is 4.39 Å². The summed E-state index contributed by atoms with van der Waals surface area (Å²) >= 11 is 1.56. The van der Waals surface area contributed by atoms with Crippen molar-refractivity contribution >= 4 is 17.7 Å². The molecular weight excluding hydrogens is 265 g/mol. The minimum absolute atomic E-state index is 0.0581. The van der Waals surface area contributed by atoms with E-state index >= 15 is 0 Å². The Hall–Kier alpha value is -1.07. The highest BCUT2D eigenvalue weighted by molar-refractivity contribution is 7.99. The van der Waals surface area contributed by atoms with Gasteiger partial charge in [-0.2, -0.15) is 0 Å². The molecule has 0 spiro atoms. The Labute approximate surface area is 116 Å². The third-order valence-corrected chi connectivity index (χ3v) is 4.04. The van der Waals surface area contributed by atoms with Gasteiger partial charge in [0.2, 0.25) is 5.91 Å². The van der Waals surface area contributed by atoms with Gasteiger partial charge < -0.3 is 10.1 Å². The Morgan fingerprint density at radius 2 is 2.11 bits per heavy atom. The lowest BCUT2D eigenvalue weighted by Gasteiger charge is -2.38. The van der Waals surface area contributed by atoms with Gasteiger partial charge in [0.05, 0.1) is 13.2 Å². The summed E-state index contributed by atoms with van der Waals surface area (Å²) in [6.45, 7) is 4.21. The van der Waals surface area contributed by atoms with Crippen LogP contribution in [0.5, 0.6) is 0 Å². The molecule has 0 aliphatic carbocycles. The van der Waals surface area contributed by atoms with Crippen molar-refractivity contribution in [1.82, 2.24) is 5.32 Å². The smallest absolute Gasteiger partial charge is 0.220 e. The molecule has 0 aromatic heterocycles. The summed E-state index contributed by atoms with van der Waals surface area (Å²) in [5.41, 5.74) is 0.111. The zero-order chi connectivity index (χ0) is 13.7. The van der Waals surface area contributed by atoms with Gasteiger partial charge in [-0.3, -0.25) is 4.79 Å². The van der Waals surface area contributed by atoms with Gasteiger partial charge in [-0.05, 0) is 24.3 Å². The van der Waals surface area contributed by atoms with Crippen LogP contribution in [0.3, 0.4) is 0 Å². The predicted molar refractivity (Wildman–Crippen MR) is 73.7 cm³/mol. The van der Waals surface area contributed by atoms with Crippen LogP contribution in [0.2, 0.25) is 0 Å². The zero-order valence-corrected chi connectivity index (χ0v) is 11.8. The fraction of sp³-hybridized carbons (Fsp3) is 0.500. The molecule has 1 aromatic carbocycles. The number of thioether (sulfide) groups is 1. The highest BCUT2D eigenvalue weighted by Gasteiger charge is 2.33. The molecule has 0 unspecified atom stereocenters. The van der Waals surface area contributed by atoms with Crippen molar-refractivity contribution in [2.75, 3.05) is 25.5 Å². The lowest BCUT2D eigenvalue weighted by atomic mass is 9.89. The minimum Gasteiger partial charge on any atom is -0.380 e. The summed E-state index contributed by atoms with van der Waals surface area (Å²) in [5, 5.41) is 2.93. The summed E-state index contributed by atoms with van der Waals surface area (Å²) in [6.07, 6.45) is 0.471. The maximum absolute atomic E-state index is 12.7. The van der Waals surface area contributed by atoms with Crippen LogP contribution in [0, 0.1) is 11.2 Å². The molecule has 0 saturated carbocycles. The number of hydrogen-bond donors (Lipinski definition) is 1. The highest BCUT2D eigenvalue weighted by atomic mass is 32.2. The Morgan fingerprint density at radius 1 is 1.42 bits per heavy atom. The van der Waals surface area contributed by atoms with E-state index in [1.165, 1.54) is 12.1 Å². The fourth-order valence-corrected chi connectivity index (χ4v) is 2.60. The second-order valence-electron chi connectivity index (χ2n) is 5.13. The van der Waals surface area contributed by atoms with E-state index in [-0.39, 0.29) is 17.1 Å². The van der Waals surface area contributed by atoms with Gasteiger partial charge in [0.15, 0.2) is 0 Å². The van der Waals surface area contributed by atoms with Crippen molar-refractivity contribution in [3.05, 3.63) is 30.1 Å². The molecule has 3 nitrogen and oxygen atoms in total. The number of carbonyl (C=O) groups excluding carboxylic acids is 1. The van der Waals surface area contributed by atoms with Crippen molar-refractivity contribution in [2.24, 2.45) is 5.41 Å². The zero-order valence-electron chi connectivity index (χ0n) is 10.9. The van der Waals surface area contributed by atoms with Crippen molar-refractivity contribution < 1.29 is 13.9 Å². The predicted octanol–water partition coefficient (Wildman–Crippen LogP) is 2.46. The Balaban J connectivity index is 1.62. The lowest BCUT2D eigenvalue weighted by Crippen LogP contribution is -2.48. The van der Waals surface area contributed by atoms with E-state index < -0.39 is 0 Å². The molecule has 19 heavy (non-hydrogen) atoms. The molecule has 0 radical (unpaired) electrons. The van der Waals surface area contributed by atoms with E-state index in [0.717, 1.165) is 18.1 Å². The molecule has 104 valence electrons. The van der Waals surface area contributed by atoms with E-state index in [1.54, 1.807) is 23.9 Å². The van der Waals surface area contributed by atoms with Crippen molar-refractivity contribution in [2.45, 2.75) is 18.2 Å². The number of amides is 1. The van der Waals surface area contributed by atoms with Crippen molar-refractivity contribution in [3.8, 4) is 0 Å². The lowest BCUT2D eigenvalue weighted by molar-refractivity contribution is -0.126. The number of benzene rings is 1. The van der Waals surface area contributed by atoms with Crippen molar-refractivity contribution in [1.29, 1.82) is 0 Å². The Morgan fingerprint density at radius 3 is 2.68 bits per heavy atom. The average Bonchev–Trinajstić information content (AvgIpc) is 2.36. The number of nitrogens with one attached hydrogen (secondary N) is 1. The number of hydrogen-bond acceptors (Lipinski definition) is 3. The third kappa shape index (κ3) is 4.51. The molecule has 1 aliphatic heterocycles. The topological polar surface area (TPSA) is 38.3 Å². The van der Waals surface area contributed by atoms with Gasteiger partial charge >= 0.3 is 0 Å². The van der Waals surface area contributed by atoms with Crippen LogP contribution in [-0.2, 0) is 9.53 Å². The standard InChI is InChI=1S/C14H18FNO2S/c1-14(9-18-10-14)8-16-13(17)6-7-19-12-4-2-11(15)3-5-12/h2-5H,6-10H2,1H3,(H,16,17). The van der Waals surface area contributed by atoms with Crippen LogP contribution in [0.1, 0.15) is 13.3 Å². The third-order valence-electron chi connectivity index (χ3n) is 3.02. The Kier molecular flexibility index (Phi) is 4.82. The molecule has 1 amide bonds. The Bertz CT molecular complexity index is 432. The molecule has 1 saturated heterocycles. The van der Waals surface area contributed by atoms with E-state index in [2.05, 4.69) is 12.2 Å². The van der Waals surface area contributed by atoms with Crippen molar-refractivity contribution in [3.63, 3.8) is 0 Å². The molecule has 5 heteroatoms. The van der Waals surface area contributed by atoms with Crippen LogP contribution >= 0.6 is 11.8 Å². The SMILES string of the molecule is CC1(CNC(=O)CCSc2ccc(F)cc2)COC1. The van der Waals surface area contributed by atoms with E-state index in [1.807, 2.05) is 0 Å². The van der Waals surface area contributed by atoms with Crippen LogP contribution in [0.4, 0.5) is 4.39 Å². The van der Waals surface area contributed by atoms with Gasteiger partial charge in [0.25, 0.3) is 0 Å². The summed E-state index contributed by atoms with van der Waals surface area (Å²) in [7, 11) is 0. The van der Waals surface area contributed by atoms with E-state index in [0.29, 0.717) is 18.7 Å². The number of rotatable bonds is 6. The average molecular weight is 283 g/mol. The molecule has 0 atom stereocenters. The van der Waals surface area contributed by atoms with E-state index in [9.17, 15) is 9.18 Å². The van der Waals surface area contributed by atoms with Gasteiger partial charge in [0, 0.05) is 29.0 Å². The summed E-state index contributed by atoms with van der Waals surface area (Å²) < 4.78 is 17.8. The van der Waals surface area contributed by atoms with Crippen LogP contribution in [0.15, 0.2) is 29.2 Å². The molecule has 1 N–H and O–H groups in total. The maximum Gasteiger partial charge on any atom is 0.220 e. The molecule has 0 bridgehead atoms. The summed E-state index contributed by atoms with van der Waals surface area (Å²) in [4.78, 5) is 12.6. The minimum atomic E-state index is -0.238. The summed E-state index contributed by atoms with van der Waals surface area (Å²) in [6, 6.07) is 6.31. The second kappa shape index (κ2) is 6.39. The number of halogens is 1. The van der Waals surface area contributed by atoms with Gasteiger partial charge in [-0.15, -0.1) is 11.8 Å². The first-order valence-corrected chi connectivity index (χ1v) is 7.29. The van der Waals surface area contributed by atoms with Crippen LogP contribution in [-0.4, -0.2) is 31.4 Å². The number of carbonyl (C=O) groups is 1. The molecule has 1 fully saturated rings. The van der Waals surface area contributed by atoms with Crippen LogP contribution < -0.4 is 5.32 Å². The first-order chi connectivity index (χ1) is 9.07. The first kappa shape index (κ1) is 14.3.